The second kappa shape index (κ2) is 3.70. The third-order valence-corrected chi connectivity index (χ3v) is 2.20. The molecule has 3 nitrogen and oxygen atoms in total. The fraction of sp³-hybridized carbons (Fsp3) is 0.778. The number of hydrogen-bond donors (Lipinski definition) is 0. The minimum atomic E-state index is 0.602. The molecule has 0 saturated carbocycles. The average Bonchev–Trinajstić information content (AvgIpc) is 2.35. The molecule has 0 spiro atoms. The number of hydrogen-bond acceptors (Lipinski definition) is 3. The van der Waals surface area contributed by atoms with Gasteiger partial charge in [0.15, 0.2) is 0 Å². The van der Waals surface area contributed by atoms with E-state index in [1.165, 1.54) is 0 Å². The van der Waals surface area contributed by atoms with Crippen LogP contribution in [0.5, 0.6) is 0 Å². The van der Waals surface area contributed by atoms with Crippen LogP contribution >= 0.6 is 0 Å². The van der Waals surface area contributed by atoms with Gasteiger partial charge in [0.2, 0.25) is 11.8 Å². The molecule has 1 aromatic heterocycles. The molecule has 0 saturated heterocycles. The quantitative estimate of drug-likeness (QED) is 0.694. The van der Waals surface area contributed by atoms with Crippen LogP contribution in [0.1, 0.15) is 32.6 Å². The zero-order valence-electron chi connectivity index (χ0n) is 8.16. The highest BCUT2D eigenvalue weighted by Crippen LogP contribution is 2.15. The summed E-state index contributed by atoms with van der Waals surface area (Å²) in [5.74, 6) is 2.68. The lowest BCUT2D eigenvalue weighted by Gasteiger charge is -2.11. The Hall–Kier alpha value is -0.860. The van der Waals surface area contributed by atoms with Crippen LogP contribution in [0.15, 0.2) is 4.42 Å². The van der Waals surface area contributed by atoms with E-state index < -0.39 is 0 Å². The molecule has 12 heavy (non-hydrogen) atoms. The molecule has 0 aliphatic carbocycles. The zero-order valence-corrected chi connectivity index (χ0v) is 8.16. The van der Waals surface area contributed by atoms with Crippen LogP contribution in [0.3, 0.4) is 0 Å². The van der Waals surface area contributed by atoms with Crippen molar-refractivity contribution in [2.45, 2.75) is 34.1 Å². The molecule has 0 fully saturated rings. The Bertz CT molecular complexity index is 242. The van der Waals surface area contributed by atoms with Crippen molar-refractivity contribution in [3.63, 3.8) is 0 Å². The summed E-state index contributed by atoms with van der Waals surface area (Å²) in [6.07, 6.45) is 0.887. The Morgan fingerprint density at radius 3 is 2.33 bits per heavy atom. The largest absolute Gasteiger partial charge is 0.426 e. The summed E-state index contributed by atoms with van der Waals surface area (Å²) in [5, 5.41) is 7.73. The van der Waals surface area contributed by atoms with E-state index in [0.29, 0.717) is 17.7 Å². The molecule has 3 heteroatoms. The molecular formula is C9H16N2O. The second-order valence-electron chi connectivity index (χ2n) is 3.64. The highest BCUT2D eigenvalue weighted by atomic mass is 16.4. The van der Waals surface area contributed by atoms with Crippen molar-refractivity contribution in [3.8, 4) is 0 Å². The summed E-state index contributed by atoms with van der Waals surface area (Å²) in [6.45, 7) is 8.42. The first-order chi connectivity index (χ1) is 5.59. The number of aryl methyl sites for hydroxylation is 1. The van der Waals surface area contributed by atoms with Crippen molar-refractivity contribution in [2.75, 3.05) is 0 Å². The highest BCUT2D eigenvalue weighted by Gasteiger charge is 2.11. The van der Waals surface area contributed by atoms with Crippen molar-refractivity contribution < 1.29 is 4.42 Å². The Morgan fingerprint density at radius 1 is 1.25 bits per heavy atom. The monoisotopic (exact) mass is 168 g/mol. The SMILES string of the molecule is Cc1nnc(CC(C)C(C)C)o1. The number of aromatic nitrogens is 2. The molecule has 0 aromatic carbocycles. The van der Waals surface area contributed by atoms with Crippen LogP contribution in [-0.2, 0) is 6.42 Å². The molecule has 0 bridgehead atoms. The summed E-state index contributed by atoms with van der Waals surface area (Å²) < 4.78 is 5.28. The lowest BCUT2D eigenvalue weighted by molar-refractivity contribution is 0.364. The Morgan fingerprint density at radius 2 is 1.92 bits per heavy atom. The predicted molar refractivity (Wildman–Crippen MR) is 46.7 cm³/mol. The van der Waals surface area contributed by atoms with Crippen LogP contribution in [0, 0.1) is 18.8 Å². The van der Waals surface area contributed by atoms with Gasteiger partial charge in [-0.3, -0.25) is 0 Å². The maximum atomic E-state index is 5.28. The molecule has 0 aliphatic rings. The Balaban J connectivity index is 2.52. The van der Waals surface area contributed by atoms with E-state index in [9.17, 15) is 0 Å². The first kappa shape index (κ1) is 9.23. The summed E-state index contributed by atoms with van der Waals surface area (Å²) in [7, 11) is 0. The Kier molecular flexibility index (Phi) is 2.84. The van der Waals surface area contributed by atoms with E-state index in [4.69, 9.17) is 4.42 Å². The van der Waals surface area contributed by atoms with Crippen molar-refractivity contribution in [1.29, 1.82) is 0 Å². The van der Waals surface area contributed by atoms with E-state index in [2.05, 4.69) is 31.0 Å². The maximum absolute atomic E-state index is 5.28. The molecule has 0 radical (unpaired) electrons. The molecule has 1 aromatic rings. The molecule has 0 aliphatic heterocycles. The van der Waals surface area contributed by atoms with Gasteiger partial charge < -0.3 is 4.42 Å². The van der Waals surface area contributed by atoms with Crippen LogP contribution in [0.4, 0.5) is 0 Å². The lowest BCUT2D eigenvalue weighted by Crippen LogP contribution is -2.07. The van der Waals surface area contributed by atoms with Crippen molar-refractivity contribution in [1.82, 2.24) is 10.2 Å². The van der Waals surface area contributed by atoms with Gasteiger partial charge in [0, 0.05) is 13.3 Å². The Labute approximate surface area is 73.2 Å². The van der Waals surface area contributed by atoms with E-state index in [1.807, 2.05) is 6.92 Å². The van der Waals surface area contributed by atoms with Crippen molar-refractivity contribution in [2.24, 2.45) is 11.8 Å². The summed E-state index contributed by atoms with van der Waals surface area (Å²) in [4.78, 5) is 0. The third-order valence-electron chi connectivity index (χ3n) is 2.20. The summed E-state index contributed by atoms with van der Waals surface area (Å²) in [5.41, 5.74) is 0. The number of rotatable bonds is 3. The van der Waals surface area contributed by atoms with Crippen LogP contribution < -0.4 is 0 Å². The fourth-order valence-electron chi connectivity index (χ4n) is 0.931. The normalized spacial score (nSPS) is 13.8. The molecule has 68 valence electrons. The van der Waals surface area contributed by atoms with Gasteiger partial charge >= 0.3 is 0 Å². The molecular weight excluding hydrogens is 152 g/mol. The van der Waals surface area contributed by atoms with Crippen molar-refractivity contribution in [3.05, 3.63) is 11.8 Å². The third kappa shape index (κ3) is 2.32. The minimum Gasteiger partial charge on any atom is -0.426 e. The van der Waals surface area contributed by atoms with E-state index in [-0.39, 0.29) is 0 Å². The molecule has 1 atom stereocenters. The van der Waals surface area contributed by atoms with Gasteiger partial charge in [-0.25, -0.2) is 0 Å². The van der Waals surface area contributed by atoms with Crippen LogP contribution in [-0.4, -0.2) is 10.2 Å². The van der Waals surface area contributed by atoms with E-state index >= 15 is 0 Å². The van der Waals surface area contributed by atoms with Gasteiger partial charge in [-0.05, 0) is 11.8 Å². The smallest absolute Gasteiger partial charge is 0.216 e. The molecule has 1 heterocycles. The van der Waals surface area contributed by atoms with Crippen LogP contribution in [0.25, 0.3) is 0 Å². The molecule has 0 N–H and O–H groups in total. The number of nitrogens with zero attached hydrogens (tertiary/aromatic N) is 2. The minimum absolute atomic E-state index is 0.602. The topological polar surface area (TPSA) is 38.9 Å². The van der Waals surface area contributed by atoms with Gasteiger partial charge in [0.25, 0.3) is 0 Å². The molecule has 1 unspecified atom stereocenters. The van der Waals surface area contributed by atoms with Gasteiger partial charge in [-0.1, -0.05) is 20.8 Å². The highest BCUT2D eigenvalue weighted by molar-refractivity contribution is 4.81. The first-order valence-electron chi connectivity index (χ1n) is 4.38. The van der Waals surface area contributed by atoms with E-state index in [0.717, 1.165) is 12.3 Å². The zero-order chi connectivity index (χ0) is 9.14. The molecule has 0 amide bonds. The second-order valence-corrected chi connectivity index (χ2v) is 3.64. The van der Waals surface area contributed by atoms with Crippen LogP contribution in [0.2, 0.25) is 0 Å². The van der Waals surface area contributed by atoms with Crippen molar-refractivity contribution >= 4 is 0 Å². The summed E-state index contributed by atoms with van der Waals surface area (Å²) >= 11 is 0. The standard InChI is InChI=1S/C9H16N2O/c1-6(2)7(3)5-9-11-10-8(4)12-9/h6-7H,5H2,1-4H3. The van der Waals surface area contributed by atoms with Gasteiger partial charge in [-0.15, -0.1) is 10.2 Å². The average molecular weight is 168 g/mol. The lowest BCUT2D eigenvalue weighted by atomic mass is 9.95. The van der Waals surface area contributed by atoms with Gasteiger partial charge in [0.05, 0.1) is 0 Å². The summed E-state index contributed by atoms with van der Waals surface area (Å²) in [6, 6.07) is 0. The van der Waals surface area contributed by atoms with Gasteiger partial charge in [-0.2, -0.15) is 0 Å². The fourth-order valence-corrected chi connectivity index (χ4v) is 0.931. The maximum Gasteiger partial charge on any atom is 0.216 e. The van der Waals surface area contributed by atoms with E-state index in [1.54, 1.807) is 0 Å². The predicted octanol–water partition coefficient (Wildman–Crippen LogP) is 2.21. The first-order valence-corrected chi connectivity index (χ1v) is 4.38. The van der Waals surface area contributed by atoms with Gasteiger partial charge in [0.1, 0.15) is 0 Å². The molecule has 1 rings (SSSR count).